The molecule has 1 aliphatic rings. The van der Waals surface area contributed by atoms with E-state index in [0.717, 1.165) is 34.5 Å². The van der Waals surface area contributed by atoms with Crippen LogP contribution in [0.2, 0.25) is 0 Å². The number of halogens is 1. The number of aryl methyl sites for hydroxylation is 1. The number of benzene rings is 2. The third-order valence-corrected chi connectivity index (χ3v) is 5.34. The van der Waals surface area contributed by atoms with Crippen molar-refractivity contribution in [3.05, 3.63) is 64.1 Å². The number of anilines is 4. The van der Waals surface area contributed by atoms with Crippen LogP contribution < -0.4 is 15.6 Å². The summed E-state index contributed by atoms with van der Waals surface area (Å²) in [6.07, 6.45) is 0. The second-order valence-corrected chi connectivity index (χ2v) is 8.10. The second kappa shape index (κ2) is 9.84. The summed E-state index contributed by atoms with van der Waals surface area (Å²) in [6.45, 7) is 6.75. The Morgan fingerprint density at radius 1 is 0.968 bits per heavy atom. The average Bonchev–Trinajstić information content (AvgIpc) is 2.80. The molecule has 2 N–H and O–H groups in total. The lowest BCUT2D eigenvalue weighted by Gasteiger charge is -2.27. The van der Waals surface area contributed by atoms with Crippen molar-refractivity contribution >= 4 is 45.2 Å². The Labute approximate surface area is 189 Å². The molecule has 0 amide bonds. The number of morpholine rings is 1. The van der Waals surface area contributed by atoms with E-state index in [1.54, 1.807) is 0 Å². The lowest BCUT2D eigenvalue weighted by atomic mass is 10.1. The number of aromatic nitrogens is 3. The fraction of sp³-hybridized carbons (Fsp3) is 0.273. The van der Waals surface area contributed by atoms with Gasteiger partial charge in [-0.1, -0.05) is 45.8 Å². The normalized spacial score (nSPS) is 14.4. The van der Waals surface area contributed by atoms with Crippen molar-refractivity contribution < 1.29 is 4.74 Å². The van der Waals surface area contributed by atoms with E-state index in [1.165, 1.54) is 5.56 Å². The van der Waals surface area contributed by atoms with Gasteiger partial charge in [-0.05, 0) is 43.7 Å². The predicted octanol–water partition coefficient (Wildman–Crippen LogP) is 4.36. The van der Waals surface area contributed by atoms with Gasteiger partial charge in [0.15, 0.2) is 0 Å². The summed E-state index contributed by atoms with van der Waals surface area (Å²) in [5.41, 5.74) is 6.92. The number of nitrogens with one attached hydrogen (secondary N) is 2. The van der Waals surface area contributed by atoms with E-state index in [1.807, 2.05) is 55.5 Å². The van der Waals surface area contributed by atoms with Crippen molar-refractivity contribution in [2.75, 3.05) is 41.9 Å². The standard InChI is InChI=1S/C22H24BrN7O/c1-15-3-9-19(10-4-15)24-20-25-21(27-22(26-20)30-11-13-31-14-12-30)29-28-16(2)17-5-7-18(23)8-6-17/h3-10H,11-14H2,1-2H3,(H2,24,25,26,27,29)/b28-16-. The summed E-state index contributed by atoms with van der Waals surface area (Å²) >= 11 is 3.45. The molecule has 0 radical (unpaired) electrons. The first-order chi connectivity index (χ1) is 15.1. The highest BCUT2D eigenvalue weighted by Crippen LogP contribution is 2.19. The van der Waals surface area contributed by atoms with E-state index in [4.69, 9.17) is 4.74 Å². The number of hydrogen-bond acceptors (Lipinski definition) is 8. The van der Waals surface area contributed by atoms with E-state index < -0.39 is 0 Å². The number of hydrazone groups is 1. The molecule has 4 rings (SSSR count). The lowest BCUT2D eigenvalue weighted by Crippen LogP contribution is -2.37. The number of ether oxygens (including phenoxy) is 1. The minimum atomic E-state index is 0.377. The smallest absolute Gasteiger partial charge is 0.250 e. The van der Waals surface area contributed by atoms with Crippen LogP contribution in [0, 0.1) is 6.92 Å². The van der Waals surface area contributed by atoms with Gasteiger partial charge in [-0.2, -0.15) is 20.1 Å². The van der Waals surface area contributed by atoms with Crippen molar-refractivity contribution in [2.24, 2.45) is 5.10 Å². The Balaban J connectivity index is 1.59. The summed E-state index contributed by atoms with van der Waals surface area (Å²) in [4.78, 5) is 15.8. The fourth-order valence-electron chi connectivity index (χ4n) is 3.03. The summed E-state index contributed by atoms with van der Waals surface area (Å²) in [6, 6.07) is 16.0. The molecule has 3 aromatic rings. The molecule has 31 heavy (non-hydrogen) atoms. The quantitative estimate of drug-likeness (QED) is 0.399. The van der Waals surface area contributed by atoms with Gasteiger partial charge in [0.25, 0.3) is 0 Å². The van der Waals surface area contributed by atoms with Gasteiger partial charge in [0.1, 0.15) is 0 Å². The zero-order valence-corrected chi connectivity index (χ0v) is 19.1. The van der Waals surface area contributed by atoms with Crippen LogP contribution in [-0.2, 0) is 4.74 Å². The summed E-state index contributed by atoms with van der Waals surface area (Å²) in [7, 11) is 0. The van der Waals surface area contributed by atoms with Gasteiger partial charge in [0.05, 0.1) is 18.9 Å². The molecule has 1 fully saturated rings. The SMILES string of the molecule is C/C(=N/Nc1nc(Nc2ccc(C)cc2)nc(N2CCOCC2)n1)c1ccc(Br)cc1. The van der Waals surface area contributed by atoms with E-state index in [0.29, 0.717) is 31.1 Å². The molecule has 160 valence electrons. The molecule has 1 aromatic heterocycles. The number of hydrogen-bond donors (Lipinski definition) is 2. The molecule has 0 bridgehead atoms. The molecule has 9 heteroatoms. The van der Waals surface area contributed by atoms with Gasteiger partial charge in [-0.25, -0.2) is 5.43 Å². The Kier molecular flexibility index (Phi) is 6.73. The molecule has 2 aromatic carbocycles. The molecule has 1 aliphatic heterocycles. The molecule has 0 saturated carbocycles. The minimum absolute atomic E-state index is 0.377. The van der Waals surface area contributed by atoms with Crippen molar-refractivity contribution in [3.8, 4) is 0 Å². The van der Waals surface area contributed by atoms with E-state index >= 15 is 0 Å². The molecule has 0 spiro atoms. The van der Waals surface area contributed by atoms with Gasteiger partial charge < -0.3 is 15.0 Å². The molecular weight excluding hydrogens is 458 g/mol. The number of rotatable bonds is 6. The largest absolute Gasteiger partial charge is 0.378 e. The van der Waals surface area contributed by atoms with Gasteiger partial charge in [-0.15, -0.1) is 0 Å². The van der Waals surface area contributed by atoms with E-state index in [9.17, 15) is 0 Å². The van der Waals surface area contributed by atoms with Crippen LogP contribution in [0.15, 0.2) is 58.1 Å². The molecular formula is C22H24BrN7O. The molecule has 0 unspecified atom stereocenters. The number of nitrogens with zero attached hydrogens (tertiary/aromatic N) is 5. The van der Waals surface area contributed by atoms with Gasteiger partial charge >= 0.3 is 0 Å². The Hall–Kier alpha value is -3.04. The maximum Gasteiger partial charge on any atom is 0.250 e. The predicted molar refractivity (Wildman–Crippen MR) is 127 cm³/mol. The summed E-state index contributed by atoms with van der Waals surface area (Å²) in [5.74, 6) is 1.42. The van der Waals surface area contributed by atoms with Crippen LogP contribution >= 0.6 is 15.9 Å². The highest BCUT2D eigenvalue weighted by Gasteiger charge is 2.17. The van der Waals surface area contributed by atoms with Crippen molar-refractivity contribution in [1.29, 1.82) is 0 Å². The topological polar surface area (TPSA) is 87.6 Å². The maximum absolute atomic E-state index is 5.46. The van der Waals surface area contributed by atoms with Crippen LogP contribution in [0.25, 0.3) is 0 Å². The van der Waals surface area contributed by atoms with E-state index in [2.05, 4.69) is 58.5 Å². The zero-order chi connectivity index (χ0) is 21.6. The van der Waals surface area contributed by atoms with Crippen molar-refractivity contribution in [3.63, 3.8) is 0 Å². The molecule has 1 saturated heterocycles. The van der Waals surface area contributed by atoms with Crippen LogP contribution in [-0.4, -0.2) is 47.0 Å². The Morgan fingerprint density at radius 2 is 1.65 bits per heavy atom. The van der Waals surface area contributed by atoms with Crippen molar-refractivity contribution in [2.45, 2.75) is 13.8 Å². The first kappa shape index (κ1) is 21.2. The Morgan fingerprint density at radius 3 is 2.35 bits per heavy atom. The maximum atomic E-state index is 5.46. The van der Waals surface area contributed by atoms with Crippen LogP contribution in [0.5, 0.6) is 0 Å². The molecule has 2 heterocycles. The van der Waals surface area contributed by atoms with E-state index in [-0.39, 0.29) is 0 Å². The van der Waals surface area contributed by atoms with Gasteiger partial charge in [-0.3, -0.25) is 0 Å². The monoisotopic (exact) mass is 481 g/mol. The highest BCUT2D eigenvalue weighted by molar-refractivity contribution is 9.10. The van der Waals surface area contributed by atoms with Crippen LogP contribution in [0.4, 0.5) is 23.5 Å². The first-order valence-corrected chi connectivity index (χ1v) is 10.8. The minimum Gasteiger partial charge on any atom is -0.378 e. The van der Waals surface area contributed by atoms with Crippen LogP contribution in [0.1, 0.15) is 18.1 Å². The molecule has 8 nitrogen and oxygen atoms in total. The van der Waals surface area contributed by atoms with Crippen LogP contribution in [0.3, 0.4) is 0 Å². The third-order valence-electron chi connectivity index (χ3n) is 4.81. The first-order valence-electron chi connectivity index (χ1n) is 10.1. The lowest BCUT2D eigenvalue weighted by molar-refractivity contribution is 0.122. The summed E-state index contributed by atoms with van der Waals surface area (Å²) in [5, 5.41) is 7.73. The third kappa shape index (κ3) is 5.77. The summed E-state index contributed by atoms with van der Waals surface area (Å²) < 4.78 is 6.48. The van der Waals surface area contributed by atoms with Gasteiger partial charge in [0.2, 0.25) is 17.8 Å². The highest BCUT2D eigenvalue weighted by atomic mass is 79.9. The molecule has 0 atom stereocenters. The zero-order valence-electron chi connectivity index (χ0n) is 17.5. The van der Waals surface area contributed by atoms with Crippen molar-refractivity contribution in [1.82, 2.24) is 15.0 Å². The van der Waals surface area contributed by atoms with Gasteiger partial charge in [0, 0.05) is 23.2 Å². The second-order valence-electron chi connectivity index (χ2n) is 7.19. The Bertz CT molecular complexity index is 1050. The average molecular weight is 482 g/mol. The molecule has 0 aliphatic carbocycles. The fourth-order valence-corrected chi connectivity index (χ4v) is 3.30.